The molecule has 7 nitrogen and oxygen atoms in total. The number of esters is 1. The molecule has 0 bridgehead atoms. The molecule has 2 aliphatic heterocycles. The zero-order valence-electron chi connectivity index (χ0n) is 19.7. The summed E-state index contributed by atoms with van der Waals surface area (Å²) in [5.74, 6) is -1.96. The fraction of sp³-hybridized carbons (Fsp3) is 0.138. The van der Waals surface area contributed by atoms with Crippen molar-refractivity contribution in [2.24, 2.45) is 5.92 Å². The molecule has 0 saturated carbocycles. The van der Waals surface area contributed by atoms with Crippen molar-refractivity contribution in [2.45, 2.75) is 12.1 Å². The fourth-order valence-corrected chi connectivity index (χ4v) is 5.40. The zero-order valence-corrected chi connectivity index (χ0v) is 21.3. The topological polar surface area (TPSA) is 76.2 Å². The quantitative estimate of drug-likeness (QED) is 0.246. The van der Waals surface area contributed by atoms with Gasteiger partial charge in [0.15, 0.2) is 6.10 Å². The number of fused-ring (bicyclic) bond motifs is 2. The maximum Gasteiger partial charge on any atom is 0.337 e. The predicted octanol–water partition coefficient (Wildman–Crippen LogP) is 5.44. The molecule has 0 unspecified atom stereocenters. The second kappa shape index (κ2) is 9.14. The van der Waals surface area contributed by atoms with Crippen molar-refractivity contribution in [1.82, 2.24) is 0 Å². The monoisotopic (exact) mass is 556 g/mol. The molecule has 8 heteroatoms. The van der Waals surface area contributed by atoms with E-state index in [4.69, 9.17) is 9.57 Å². The van der Waals surface area contributed by atoms with E-state index in [1.54, 1.807) is 35.4 Å². The van der Waals surface area contributed by atoms with Gasteiger partial charge in [0.05, 0.1) is 30.1 Å². The van der Waals surface area contributed by atoms with Gasteiger partial charge in [0.25, 0.3) is 5.91 Å². The maximum absolute atomic E-state index is 14.0. The van der Waals surface area contributed by atoms with Crippen LogP contribution in [0.2, 0.25) is 0 Å². The van der Waals surface area contributed by atoms with E-state index in [1.807, 2.05) is 60.7 Å². The van der Waals surface area contributed by atoms with Crippen LogP contribution in [0, 0.1) is 5.92 Å². The molecular formula is C29H21BrN2O5. The molecule has 2 aliphatic rings. The van der Waals surface area contributed by atoms with Crippen LogP contribution in [-0.4, -0.2) is 31.0 Å². The molecule has 0 aromatic heterocycles. The van der Waals surface area contributed by atoms with Gasteiger partial charge in [-0.25, -0.2) is 14.8 Å². The molecule has 0 radical (unpaired) electrons. The first-order valence-electron chi connectivity index (χ1n) is 11.7. The Morgan fingerprint density at radius 3 is 2.30 bits per heavy atom. The molecule has 2 saturated heterocycles. The lowest BCUT2D eigenvalue weighted by molar-refractivity contribution is -0.126. The highest BCUT2D eigenvalue weighted by Gasteiger charge is 2.60. The van der Waals surface area contributed by atoms with Crippen molar-refractivity contribution in [3.63, 3.8) is 0 Å². The van der Waals surface area contributed by atoms with Crippen LogP contribution in [0.15, 0.2) is 95.5 Å². The van der Waals surface area contributed by atoms with Crippen LogP contribution in [0.5, 0.6) is 0 Å². The molecule has 0 spiro atoms. The third kappa shape index (κ3) is 3.80. The summed E-state index contributed by atoms with van der Waals surface area (Å²) >= 11 is 3.45. The molecule has 2 heterocycles. The van der Waals surface area contributed by atoms with Crippen LogP contribution in [0.25, 0.3) is 10.8 Å². The van der Waals surface area contributed by atoms with E-state index < -0.39 is 29.9 Å². The Morgan fingerprint density at radius 2 is 1.57 bits per heavy atom. The summed E-state index contributed by atoms with van der Waals surface area (Å²) in [5, 5.41) is 3.38. The van der Waals surface area contributed by atoms with Gasteiger partial charge >= 0.3 is 5.97 Å². The molecule has 4 aromatic rings. The number of methoxy groups -OCH3 is 1. The van der Waals surface area contributed by atoms with Crippen LogP contribution in [-0.2, 0) is 19.2 Å². The van der Waals surface area contributed by atoms with Crippen molar-refractivity contribution in [1.29, 1.82) is 0 Å². The van der Waals surface area contributed by atoms with Crippen LogP contribution >= 0.6 is 15.9 Å². The Morgan fingerprint density at radius 1 is 0.865 bits per heavy atom. The number of benzene rings is 4. The lowest BCUT2D eigenvalue weighted by atomic mass is 9.90. The van der Waals surface area contributed by atoms with Crippen LogP contribution < -0.4 is 9.96 Å². The summed E-state index contributed by atoms with van der Waals surface area (Å²) < 4.78 is 5.71. The summed E-state index contributed by atoms with van der Waals surface area (Å²) in [4.78, 5) is 47.2. The number of anilines is 2. The summed E-state index contributed by atoms with van der Waals surface area (Å²) in [7, 11) is 1.32. The lowest BCUT2D eigenvalue weighted by Gasteiger charge is -2.29. The summed E-state index contributed by atoms with van der Waals surface area (Å²) in [6.45, 7) is 0. The second-order valence-electron chi connectivity index (χ2n) is 8.92. The number of hydrogen-bond acceptors (Lipinski definition) is 6. The third-order valence-corrected chi connectivity index (χ3v) is 7.41. The number of carbonyl (C=O) groups excluding carboxylic acids is 3. The Balaban J connectivity index is 1.44. The highest BCUT2D eigenvalue weighted by atomic mass is 79.9. The number of halogens is 1. The van der Waals surface area contributed by atoms with Crippen molar-refractivity contribution in [3.05, 3.63) is 107 Å². The number of nitrogens with zero attached hydrogens (tertiary/aromatic N) is 2. The number of rotatable bonds is 4. The molecule has 2 fully saturated rings. The Kier molecular flexibility index (Phi) is 5.78. The van der Waals surface area contributed by atoms with Crippen LogP contribution in [0.4, 0.5) is 11.4 Å². The standard InChI is InChI=1S/C29H21BrN2O5/c1-36-29(35)19-11-9-18(10-12-19)25-24-26(37-32(25)21-15-13-20(30)14-16-21)28(34)31(27(24)33)23-8-4-6-17-5-2-3-7-22(17)23/h2-16,24-26H,1H3/t24-,25-,26+/m0/s1. The highest BCUT2D eigenvalue weighted by molar-refractivity contribution is 9.10. The van der Waals surface area contributed by atoms with Gasteiger partial charge in [-0.05, 0) is 53.4 Å². The minimum atomic E-state index is -0.986. The van der Waals surface area contributed by atoms with Crippen molar-refractivity contribution in [2.75, 3.05) is 17.1 Å². The molecular weight excluding hydrogens is 536 g/mol. The van der Waals surface area contributed by atoms with Gasteiger partial charge in [-0.2, -0.15) is 0 Å². The molecule has 4 aromatic carbocycles. The third-order valence-electron chi connectivity index (χ3n) is 6.88. The molecule has 6 rings (SSSR count). The summed E-state index contributed by atoms with van der Waals surface area (Å²) in [6.07, 6.45) is -0.986. The van der Waals surface area contributed by atoms with E-state index in [-0.39, 0.29) is 5.91 Å². The van der Waals surface area contributed by atoms with E-state index in [2.05, 4.69) is 15.9 Å². The normalized spacial score (nSPS) is 21.0. The number of ether oxygens (including phenoxy) is 1. The van der Waals surface area contributed by atoms with Crippen LogP contribution in [0.3, 0.4) is 0 Å². The lowest BCUT2D eigenvalue weighted by Crippen LogP contribution is -2.37. The molecule has 3 atom stereocenters. The second-order valence-corrected chi connectivity index (χ2v) is 9.84. The van der Waals surface area contributed by atoms with Gasteiger partial charge in [-0.15, -0.1) is 0 Å². The number of imide groups is 1. The Hall–Kier alpha value is -4.01. The number of hydroxylamine groups is 1. The number of carbonyl (C=O) groups is 3. The summed E-state index contributed by atoms with van der Waals surface area (Å²) in [6, 6.07) is 26.9. The minimum absolute atomic E-state index is 0.326. The predicted molar refractivity (Wildman–Crippen MR) is 142 cm³/mol. The highest BCUT2D eigenvalue weighted by Crippen LogP contribution is 2.48. The van der Waals surface area contributed by atoms with Crippen molar-refractivity contribution in [3.8, 4) is 0 Å². The Bertz CT molecular complexity index is 1530. The largest absolute Gasteiger partial charge is 0.465 e. The van der Waals surface area contributed by atoms with Gasteiger partial charge in [-0.3, -0.25) is 14.4 Å². The maximum atomic E-state index is 14.0. The fourth-order valence-electron chi connectivity index (χ4n) is 5.14. The smallest absolute Gasteiger partial charge is 0.337 e. The average Bonchev–Trinajstić information content (AvgIpc) is 3.44. The van der Waals surface area contributed by atoms with Gasteiger partial charge in [0.2, 0.25) is 5.91 Å². The molecule has 37 heavy (non-hydrogen) atoms. The van der Waals surface area contributed by atoms with Gasteiger partial charge in [0, 0.05) is 9.86 Å². The SMILES string of the molecule is COC(=O)c1ccc([C@H]2[C@@H]3C(=O)N(c4cccc5ccccc45)C(=O)[C@@H]3ON2c2ccc(Br)cc2)cc1. The van der Waals surface area contributed by atoms with Gasteiger partial charge < -0.3 is 4.74 Å². The van der Waals surface area contributed by atoms with Gasteiger partial charge in [-0.1, -0.05) is 64.5 Å². The molecule has 184 valence electrons. The van der Waals surface area contributed by atoms with Crippen molar-refractivity contribution < 1.29 is 24.0 Å². The number of amides is 2. The van der Waals surface area contributed by atoms with E-state index in [0.29, 0.717) is 16.9 Å². The minimum Gasteiger partial charge on any atom is -0.465 e. The average molecular weight is 557 g/mol. The zero-order chi connectivity index (χ0) is 25.7. The number of hydrogen-bond donors (Lipinski definition) is 0. The van der Waals surface area contributed by atoms with E-state index in [9.17, 15) is 14.4 Å². The van der Waals surface area contributed by atoms with E-state index in [0.717, 1.165) is 20.8 Å². The molecule has 0 aliphatic carbocycles. The van der Waals surface area contributed by atoms with E-state index >= 15 is 0 Å². The van der Waals surface area contributed by atoms with Crippen molar-refractivity contribution >= 4 is 55.9 Å². The first-order valence-corrected chi connectivity index (χ1v) is 12.5. The first-order chi connectivity index (χ1) is 18.0. The molecule has 2 amide bonds. The molecule has 0 N–H and O–H groups in total. The van der Waals surface area contributed by atoms with Gasteiger partial charge in [0.1, 0.15) is 5.92 Å². The first kappa shape index (κ1) is 23.4. The summed E-state index contributed by atoms with van der Waals surface area (Å²) in [5.41, 5.74) is 2.38. The Labute approximate surface area is 221 Å². The van der Waals surface area contributed by atoms with E-state index in [1.165, 1.54) is 12.0 Å². The van der Waals surface area contributed by atoms with Crippen LogP contribution in [0.1, 0.15) is 22.0 Å².